The highest BCUT2D eigenvalue weighted by molar-refractivity contribution is 6.74. The van der Waals surface area contributed by atoms with Gasteiger partial charge < -0.3 is 20.4 Å². The highest BCUT2D eigenvalue weighted by atomic mass is 28.4. The maximum Gasteiger partial charge on any atom is 0.241 e. The van der Waals surface area contributed by atoms with E-state index in [-0.39, 0.29) is 22.9 Å². The van der Waals surface area contributed by atoms with Gasteiger partial charge in [-0.3, -0.25) is 4.79 Å². The molecule has 1 fully saturated rings. The Kier molecular flexibility index (Phi) is 7.25. The summed E-state index contributed by atoms with van der Waals surface area (Å²) in [6.07, 6.45) is 0. The smallest absolute Gasteiger partial charge is 0.241 e. The molecule has 1 amide bonds. The van der Waals surface area contributed by atoms with E-state index in [1.165, 1.54) is 0 Å². The largest absolute Gasteiger partial charge is 0.415 e. The van der Waals surface area contributed by atoms with Crippen molar-refractivity contribution in [3.8, 4) is 0 Å². The molecule has 0 aliphatic carbocycles. The lowest BCUT2D eigenvalue weighted by Crippen LogP contribution is -2.46. The van der Waals surface area contributed by atoms with E-state index in [2.05, 4.69) is 63.7 Å². The van der Waals surface area contributed by atoms with Crippen LogP contribution in [-0.4, -0.2) is 45.5 Å². The third-order valence-corrected chi connectivity index (χ3v) is 10.3. The lowest BCUT2D eigenvalue weighted by atomic mass is 10.0. The average Bonchev–Trinajstić information content (AvgIpc) is 3.31. The Morgan fingerprint density at radius 2 is 1.81 bits per heavy atom. The van der Waals surface area contributed by atoms with E-state index in [0.29, 0.717) is 12.1 Å². The van der Waals surface area contributed by atoms with Gasteiger partial charge in [-0.15, -0.1) is 0 Å². The summed E-state index contributed by atoms with van der Waals surface area (Å²) < 4.78 is 6.30. The number of anilines is 1. The number of para-hydroxylation sites is 1. The monoisotopic (exact) mass is 391 g/mol. The predicted molar refractivity (Wildman–Crippen MR) is 116 cm³/mol. The minimum absolute atomic E-state index is 0.0194. The Labute approximate surface area is 165 Å². The molecule has 1 aromatic carbocycles. The van der Waals surface area contributed by atoms with Crippen LogP contribution in [0.5, 0.6) is 0 Å². The van der Waals surface area contributed by atoms with E-state index in [1.54, 1.807) is 0 Å². The molecular formula is C21H37N3O2Si. The number of rotatable bonds is 9. The Bertz CT molecular complexity index is 614. The van der Waals surface area contributed by atoms with Gasteiger partial charge in [-0.2, -0.15) is 0 Å². The molecule has 0 unspecified atom stereocenters. The van der Waals surface area contributed by atoms with Crippen molar-refractivity contribution in [2.24, 2.45) is 5.92 Å². The van der Waals surface area contributed by atoms with Gasteiger partial charge in [0.15, 0.2) is 8.32 Å². The molecule has 0 saturated carbocycles. The summed E-state index contributed by atoms with van der Waals surface area (Å²) in [5.41, 5.74) is 0.833. The van der Waals surface area contributed by atoms with E-state index in [9.17, 15) is 4.79 Å². The lowest BCUT2D eigenvalue weighted by molar-refractivity contribution is -0.119. The topological polar surface area (TPSA) is 72.3 Å². The molecule has 0 bridgehead atoms. The fourth-order valence-electron chi connectivity index (χ4n) is 2.73. The quantitative estimate of drug-likeness (QED) is 0.444. The number of amides is 1. The zero-order valence-corrected chi connectivity index (χ0v) is 18.9. The van der Waals surface area contributed by atoms with Crippen molar-refractivity contribution < 1.29 is 9.22 Å². The van der Waals surface area contributed by atoms with Crippen molar-refractivity contribution in [1.29, 1.82) is 0 Å². The highest BCUT2D eigenvalue weighted by Gasteiger charge is 2.42. The number of carbonyl (C=O) groups excluding carboxylic acids is 1. The first-order valence-electron chi connectivity index (χ1n) is 10.0. The van der Waals surface area contributed by atoms with Crippen molar-refractivity contribution >= 4 is 19.9 Å². The van der Waals surface area contributed by atoms with Crippen molar-refractivity contribution in [3.05, 3.63) is 30.3 Å². The second kappa shape index (κ2) is 8.86. The zero-order chi connectivity index (χ0) is 20.2. The second-order valence-electron chi connectivity index (χ2n) is 9.44. The molecule has 1 aromatic rings. The molecule has 1 heterocycles. The number of nitrogens with one attached hydrogen (secondary N) is 3. The first-order valence-corrected chi connectivity index (χ1v) is 12.9. The van der Waals surface area contributed by atoms with Gasteiger partial charge in [0.1, 0.15) is 0 Å². The number of hydrogen-bond acceptors (Lipinski definition) is 4. The molecule has 1 aliphatic rings. The van der Waals surface area contributed by atoms with E-state index in [1.807, 2.05) is 30.3 Å². The molecule has 2 rings (SSSR count). The lowest BCUT2D eigenvalue weighted by Gasteiger charge is -2.36. The van der Waals surface area contributed by atoms with Crippen LogP contribution in [0.2, 0.25) is 18.1 Å². The molecule has 0 aromatic heterocycles. The summed E-state index contributed by atoms with van der Waals surface area (Å²) in [5.74, 6) is 0.236. The maximum absolute atomic E-state index is 12.6. The van der Waals surface area contributed by atoms with Crippen molar-refractivity contribution in [3.63, 3.8) is 0 Å². The Morgan fingerprint density at radius 3 is 2.37 bits per heavy atom. The number of benzene rings is 1. The summed E-state index contributed by atoms with van der Waals surface area (Å²) >= 11 is 0. The summed E-state index contributed by atoms with van der Waals surface area (Å²) in [5, 5.41) is 10.1. The predicted octanol–water partition coefficient (Wildman–Crippen LogP) is 3.60. The SMILES string of the molecule is CC(C)[C@H](NC[C@H]1N[C@H]1CO[Si](C)(C)C(C)(C)C)C(=O)Nc1ccccc1. The molecule has 0 spiro atoms. The molecule has 3 atom stereocenters. The first kappa shape index (κ1) is 22.1. The molecular weight excluding hydrogens is 354 g/mol. The van der Waals surface area contributed by atoms with Crippen molar-refractivity contribution in [1.82, 2.24) is 10.6 Å². The fourth-order valence-corrected chi connectivity index (χ4v) is 3.76. The summed E-state index contributed by atoms with van der Waals surface area (Å²) in [7, 11) is -1.71. The standard InChI is InChI=1S/C21H37N3O2Si/c1-15(2)19(20(25)23-16-11-9-8-10-12-16)22-13-17-18(24-17)14-26-27(6,7)21(3,4)5/h8-12,15,17-19,22,24H,13-14H2,1-7H3,(H,23,25)/t17-,18+,19+/m1/s1. The van der Waals surface area contributed by atoms with Gasteiger partial charge in [-0.25, -0.2) is 0 Å². The van der Waals surface area contributed by atoms with Crippen LogP contribution in [0.25, 0.3) is 0 Å². The third kappa shape index (κ3) is 6.42. The van der Waals surface area contributed by atoms with Crippen LogP contribution in [0.4, 0.5) is 5.69 Å². The van der Waals surface area contributed by atoms with Crippen LogP contribution in [0.3, 0.4) is 0 Å². The summed E-state index contributed by atoms with van der Waals surface area (Å²) in [4.78, 5) is 12.6. The highest BCUT2D eigenvalue weighted by Crippen LogP contribution is 2.37. The Hall–Kier alpha value is -1.21. The Balaban J connectivity index is 1.78. The third-order valence-electron chi connectivity index (χ3n) is 5.78. The van der Waals surface area contributed by atoms with Crippen LogP contribution in [-0.2, 0) is 9.22 Å². The molecule has 152 valence electrons. The van der Waals surface area contributed by atoms with Gasteiger partial charge in [-0.05, 0) is 36.2 Å². The molecule has 5 nitrogen and oxygen atoms in total. The minimum atomic E-state index is -1.71. The van der Waals surface area contributed by atoms with Crippen molar-refractivity contribution in [2.45, 2.75) is 70.9 Å². The van der Waals surface area contributed by atoms with E-state index in [4.69, 9.17) is 4.43 Å². The van der Waals surface area contributed by atoms with E-state index < -0.39 is 8.32 Å². The summed E-state index contributed by atoms with van der Waals surface area (Å²) in [6, 6.07) is 10.2. The van der Waals surface area contributed by atoms with E-state index >= 15 is 0 Å². The maximum atomic E-state index is 12.6. The minimum Gasteiger partial charge on any atom is -0.415 e. The van der Waals surface area contributed by atoms with Gasteiger partial charge in [-0.1, -0.05) is 52.8 Å². The van der Waals surface area contributed by atoms with Gasteiger partial charge in [0, 0.05) is 24.3 Å². The van der Waals surface area contributed by atoms with Gasteiger partial charge >= 0.3 is 0 Å². The molecule has 1 aliphatic heterocycles. The van der Waals surface area contributed by atoms with Gasteiger partial charge in [0.2, 0.25) is 5.91 Å². The number of carbonyl (C=O) groups is 1. The average molecular weight is 392 g/mol. The fraction of sp³-hybridized carbons (Fsp3) is 0.667. The van der Waals surface area contributed by atoms with Crippen molar-refractivity contribution in [2.75, 3.05) is 18.5 Å². The van der Waals surface area contributed by atoms with Crippen LogP contribution in [0, 0.1) is 5.92 Å². The second-order valence-corrected chi connectivity index (χ2v) is 14.2. The first-order chi connectivity index (χ1) is 12.5. The summed E-state index contributed by atoms with van der Waals surface area (Å²) in [6.45, 7) is 17.0. The molecule has 0 radical (unpaired) electrons. The van der Waals surface area contributed by atoms with E-state index in [0.717, 1.165) is 18.8 Å². The number of hydrogen-bond donors (Lipinski definition) is 3. The molecule has 3 N–H and O–H groups in total. The molecule has 27 heavy (non-hydrogen) atoms. The Morgan fingerprint density at radius 1 is 1.19 bits per heavy atom. The van der Waals surface area contributed by atoms with Crippen LogP contribution in [0.15, 0.2) is 30.3 Å². The zero-order valence-electron chi connectivity index (χ0n) is 17.9. The van der Waals surface area contributed by atoms with Gasteiger partial charge in [0.05, 0.1) is 12.6 Å². The van der Waals surface area contributed by atoms with Gasteiger partial charge in [0.25, 0.3) is 0 Å². The van der Waals surface area contributed by atoms with Crippen LogP contribution in [0.1, 0.15) is 34.6 Å². The van der Waals surface area contributed by atoms with Crippen LogP contribution >= 0.6 is 0 Å². The molecule has 1 saturated heterocycles. The van der Waals surface area contributed by atoms with Crippen LogP contribution < -0.4 is 16.0 Å². The normalized spacial score (nSPS) is 21.2. The molecule has 6 heteroatoms.